The Balaban J connectivity index is 0.000000197. The van der Waals surface area contributed by atoms with Crippen LogP contribution in [0.5, 0.6) is 5.88 Å². The summed E-state index contributed by atoms with van der Waals surface area (Å²) < 4.78 is 29.9. The summed E-state index contributed by atoms with van der Waals surface area (Å²) in [5.41, 5.74) is 42.9. The molecular weight excluding hydrogens is 1840 g/mol. The van der Waals surface area contributed by atoms with Gasteiger partial charge in [-0.15, -0.1) is 6.42 Å². The molecule has 38 heteroatoms. The third kappa shape index (κ3) is 29.7. The van der Waals surface area contributed by atoms with Crippen LogP contribution in [-0.2, 0) is 10.0 Å². The smallest absolute Gasteiger partial charge is 0.255 e. The molecule has 12 aromatic heterocycles. The summed E-state index contributed by atoms with van der Waals surface area (Å²) in [6, 6.07) is 11.2. The normalized spacial score (nSPS) is 11.1. The monoisotopic (exact) mass is 1930 g/mol. The van der Waals surface area contributed by atoms with Crippen LogP contribution in [0.25, 0.3) is 0 Å². The summed E-state index contributed by atoms with van der Waals surface area (Å²) in [6.07, 6.45) is 26.6. The molecule has 14 N–H and O–H groups in total. The number of nitrogen functional groups attached to an aromatic ring is 6. The van der Waals surface area contributed by atoms with E-state index in [4.69, 9.17) is 62.3 Å². The van der Waals surface area contributed by atoms with Gasteiger partial charge >= 0.3 is 0 Å². The third-order valence-electron chi connectivity index (χ3n) is 16.3. The third-order valence-corrected chi connectivity index (χ3v) is 25.0. The predicted molar refractivity (Wildman–Crippen MR) is 493 cm³/mol. The minimum atomic E-state index is -3.86. The van der Waals surface area contributed by atoms with Gasteiger partial charge in [-0.25, -0.2) is 103 Å². The number of terminal acetylenes is 1. The van der Waals surface area contributed by atoms with Crippen molar-refractivity contribution in [2.45, 2.75) is 224 Å². The van der Waals surface area contributed by atoms with Gasteiger partial charge in [-0.2, -0.15) is 0 Å². The molecule has 0 aromatic carbocycles. The Bertz CT molecular complexity index is 5430. The highest BCUT2D eigenvalue weighted by atomic mass is 127. The Morgan fingerprint density at radius 2 is 0.639 bits per heavy atom. The first-order valence-corrected chi connectivity index (χ1v) is 45.4. The van der Waals surface area contributed by atoms with Crippen LogP contribution in [0.4, 0.5) is 34.9 Å². The maximum Gasteiger partial charge on any atom is 0.255 e. The molecule has 12 rings (SSSR count). The average molecular weight is 1930 g/mol. The van der Waals surface area contributed by atoms with Crippen molar-refractivity contribution in [1.82, 2.24) is 89.7 Å². The van der Waals surface area contributed by atoms with Crippen molar-refractivity contribution >= 4 is 166 Å². The van der Waals surface area contributed by atoms with E-state index < -0.39 is 10.0 Å². The molecule has 119 heavy (non-hydrogen) atoms. The second kappa shape index (κ2) is 45.6. The quantitative estimate of drug-likeness (QED) is 0.0212. The Morgan fingerprint density at radius 3 is 0.950 bits per heavy atom. The molecule has 626 valence electrons. The number of primary sulfonamides is 1. The van der Waals surface area contributed by atoms with Crippen molar-refractivity contribution in [3.63, 3.8) is 0 Å². The molecule has 0 aliphatic rings. The number of nitrogens with zero attached hydrogens (tertiary/aromatic N) is 18. The topological polar surface area (TPSA) is 458 Å². The van der Waals surface area contributed by atoms with Crippen LogP contribution in [0.3, 0.4) is 0 Å². The van der Waals surface area contributed by atoms with Crippen LogP contribution >= 0.6 is 121 Å². The number of methoxy groups -OCH3 is 1. The molecule has 0 amide bonds. The average Bonchev–Trinajstić information content (AvgIpc) is 0.838. The number of halogens is 3. The molecule has 0 aliphatic carbocycles. The minimum Gasteiger partial charge on any atom is -0.481 e. The standard InChI is InChI=1S/C15H16N4S.C14H18N4OS.C13H15BrN4S.C13H15ClN4S.C13H15IN4S.C13H17N5O2S2/c1-5-11-6-13(12(7-18-11)9(2)3)20-14-8-17-10(4)19-15(14)16;1-8(2)10-6-17-13(19-4)5-11(10)20-12-7-16-9(3)18-14(12)15;3*1-7(2)9-5-17-12(14)4-10(9)19-11-6-16-8(3)18-13(11)15;1-7(2)9-5-17-12(22(15,19)20)4-10(9)21-11-6-16-8(3)18-13(11)14/h1,6-9H,2-4H3,(H2,16,17,19);5-8H,1-4H3,(H2,15,16,18);3*4-7H,1-3H3,(H2,15,16,18);4-7H,1-3H3,(H2,14,16,18)(H2,15,19,20). The van der Waals surface area contributed by atoms with Gasteiger partial charge in [0.25, 0.3) is 10.0 Å². The van der Waals surface area contributed by atoms with E-state index in [9.17, 15) is 8.42 Å². The van der Waals surface area contributed by atoms with E-state index >= 15 is 0 Å². The lowest BCUT2D eigenvalue weighted by Crippen LogP contribution is -2.14. The van der Waals surface area contributed by atoms with E-state index in [0.29, 0.717) is 126 Å². The van der Waals surface area contributed by atoms with E-state index in [1.807, 2.05) is 97.5 Å². The van der Waals surface area contributed by atoms with Gasteiger partial charge in [0, 0.05) is 110 Å². The van der Waals surface area contributed by atoms with Crippen LogP contribution in [-0.4, -0.2) is 105 Å². The number of aromatic nitrogens is 18. The summed E-state index contributed by atoms with van der Waals surface area (Å²) in [5, 5.41) is 5.44. The fourth-order valence-corrected chi connectivity index (χ4v) is 18.4. The molecule has 0 atom stereocenters. The molecule has 0 spiro atoms. The van der Waals surface area contributed by atoms with Gasteiger partial charge in [-0.05, 0) is 179 Å². The highest BCUT2D eigenvalue weighted by molar-refractivity contribution is 14.1. The van der Waals surface area contributed by atoms with E-state index in [1.54, 1.807) is 80.9 Å². The molecule has 0 saturated heterocycles. The molecule has 28 nitrogen and oxygen atoms in total. The maximum atomic E-state index is 11.5. The number of hydrogen-bond donors (Lipinski definition) is 7. The largest absolute Gasteiger partial charge is 0.481 e. The summed E-state index contributed by atoms with van der Waals surface area (Å²) in [6.45, 7) is 36.2. The zero-order valence-electron chi connectivity index (χ0n) is 69.2. The molecule has 12 heterocycles. The number of sulfonamides is 1. The lowest BCUT2D eigenvalue weighted by Gasteiger charge is -2.13. The van der Waals surface area contributed by atoms with E-state index in [-0.39, 0.29) is 10.9 Å². The predicted octanol–water partition coefficient (Wildman–Crippen LogP) is 18.9. The van der Waals surface area contributed by atoms with Crippen LogP contribution in [0.2, 0.25) is 5.15 Å². The Kier molecular flexibility index (Phi) is 37.3. The second-order valence-corrected chi connectivity index (χ2v) is 38.1. The number of nitrogens with two attached hydrogens (primary N) is 7. The van der Waals surface area contributed by atoms with Gasteiger partial charge in [0.1, 0.15) is 89.0 Å². The fourth-order valence-electron chi connectivity index (χ4n) is 10.1. The number of hydrogen-bond acceptors (Lipinski definition) is 33. The molecule has 0 bridgehead atoms. The summed E-state index contributed by atoms with van der Waals surface area (Å²) in [4.78, 5) is 86.3. The van der Waals surface area contributed by atoms with Crippen LogP contribution < -0.4 is 44.3 Å². The first kappa shape index (κ1) is 97.2. The first-order chi connectivity index (χ1) is 56.1. The van der Waals surface area contributed by atoms with Crippen molar-refractivity contribution in [3.8, 4) is 18.2 Å². The van der Waals surface area contributed by atoms with Gasteiger partial charge in [-0.1, -0.05) is 171 Å². The highest BCUT2D eigenvalue weighted by Crippen LogP contribution is 2.43. The molecule has 0 unspecified atom stereocenters. The van der Waals surface area contributed by atoms with Crippen LogP contribution in [0.15, 0.2) is 179 Å². The van der Waals surface area contributed by atoms with Gasteiger partial charge in [0.15, 0.2) is 5.03 Å². The van der Waals surface area contributed by atoms with Crippen molar-refractivity contribution in [3.05, 3.63) is 198 Å². The highest BCUT2D eigenvalue weighted by Gasteiger charge is 2.21. The van der Waals surface area contributed by atoms with Crippen LogP contribution in [0.1, 0.15) is 193 Å². The van der Waals surface area contributed by atoms with Gasteiger partial charge in [0.2, 0.25) is 5.88 Å². The summed E-state index contributed by atoms with van der Waals surface area (Å²) in [5.74, 6) is 12.0. The number of ether oxygens (including phenoxy) is 1. The van der Waals surface area contributed by atoms with E-state index in [1.165, 1.54) is 70.4 Å². The number of pyridine rings is 6. The lowest BCUT2D eigenvalue weighted by molar-refractivity contribution is 0.396. The number of aryl methyl sites for hydroxylation is 6. The number of rotatable bonds is 20. The molecule has 0 fully saturated rings. The maximum absolute atomic E-state index is 11.5. The Morgan fingerprint density at radius 1 is 0.370 bits per heavy atom. The van der Waals surface area contributed by atoms with E-state index in [0.717, 1.165) is 79.5 Å². The van der Waals surface area contributed by atoms with Gasteiger partial charge in [-0.3, -0.25) is 0 Å². The van der Waals surface area contributed by atoms with Gasteiger partial charge < -0.3 is 39.1 Å². The van der Waals surface area contributed by atoms with Crippen LogP contribution in [0, 0.1) is 57.6 Å². The van der Waals surface area contributed by atoms with Gasteiger partial charge in [0.05, 0.1) is 36.5 Å². The summed E-state index contributed by atoms with van der Waals surface area (Å²) in [7, 11) is -2.26. The van der Waals surface area contributed by atoms with Crippen molar-refractivity contribution in [1.29, 1.82) is 0 Å². The molecular formula is C81H96BrClIN25O3S7. The van der Waals surface area contributed by atoms with E-state index in [2.05, 4.69) is 209 Å². The van der Waals surface area contributed by atoms with Crippen molar-refractivity contribution < 1.29 is 13.2 Å². The second-order valence-electron chi connectivity index (χ2n) is 27.8. The molecule has 12 aromatic rings. The Hall–Kier alpha value is -8.95. The number of anilines is 6. The molecule has 0 saturated carbocycles. The van der Waals surface area contributed by atoms with Crippen molar-refractivity contribution in [2.24, 2.45) is 5.14 Å². The molecule has 0 radical (unpaired) electrons. The zero-order valence-corrected chi connectivity index (χ0v) is 79.5. The zero-order chi connectivity index (χ0) is 87.9. The molecule has 0 aliphatic heterocycles. The SMILES string of the molecule is C#Cc1cc(Sc2cnc(C)nc2N)c(C(C)C)cn1.COc1cc(Sc2cnc(C)nc2N)c(C(C)C)cn1.Cc1ncc(Sc2cc(Br)ncc2C(C)C)c(N)n1.Cc1ncc(Sc2cc(Cl)ncc2C(C)C)c(N)n1.Cc1ncc(Sc2cc(I)ncc2C(C)C)c(N)n1.Cc1ncc(Sc2cc(S(N)(=O)=O)ncc2C(C)C)c(N)n1. The Labute approximate surface area is 748 Å². The first-order valence-electron chi connectivity index (χ1n) is 36.7. The minimum absolute atomic E-state index is 0.164. The lowest BCUT2D eigenvalue weighted by atomic mass is 10.1. The fraction of sp³-hybridized carbons (Fsp3) is 0.309. The van der Waals surface area contributed by atoms with Crippen molar-refractivity contribution in [2.75, 3.05) is 41.5 Å². The summed E-state index contributed by atoms with van der Waals surface area (Å²) >= 11 is 20.6.